The third-order valence-corrected chi connectivity index (χ3v) is 4.79. The van der Waals surface area contributed by atoms with Crippen LogP contribution >= 0.6 is 12.2 Å². The number of nitrogens with zero attached hydrogens (tertiary/aromatic N) is 1. The molecule has 0 amide bonds. The van der Waals surface area contributed by atoms with Gasteiger partial charge in [-0.3, -0.25) is 0 Å². The van der Waals surface area contributed by atoms with E-state index in [4.69, 9.17) is 17.4 Å². The van der Waals surface area contributed by atoms with E-state index in [1.165, 1.54) is 12.1 Å². The number of piperidine rings is 1. The molecular weight excluding hydrogens is 294 g/mol. The number of hydrogen-bond acceptors (Lipinski definition) is 3. The Balaban J connectivity index is 1.98. The molecule has 110 valence electrons. The van der Waals surface area contributed by atoms with Gasteiger partial charge in [0.15, 0.2) is 5.11 Å². The highest BCUT2D eigenvalue weighted by Crippen LogP contribution is 2.18. The fourth-order valence-electron chi connectivity index (χ4n) is 2.14. The largest absolute Gasteiger partial charge is 0.349 e. The smallest absolute Gasteiger partial charge is 0.238 e. The van der Waals surface area contributed by atoms with Gasteiger partial charge in [-0.05, 0) is 55.2 Å². The van der Waals surface area contributed by atoms with E-state index >= 15 is 0 Å². The molecule has 1 saturated heterocycles. The lowest BCUT2D eigenvalue weighted by atomic mass is 10.00. The van der Waals surface area contributed by atoms with Crippen LogP contribution in [0.5, 0.6) is 0 Å². The summed E-state index contributed by atoms with van der Waals surface area (Å²) in [5, 5.41) is 8.86. The van der Waals surface area contributed by atoms with Gasteiger partial charge >= 0.3 is 0 Å². The second-order valence-corrected chi connectivity index (χ2v) is 7.12. The summed E-state index contributed by atoms with van der Waals surface area (Å²) in [5.74, 6) is 0.753. The van der Waals surface area contributed by atoms with E-state index in [0.29, 0.717) is 5.11 Å². The number of likely N-dealkylation sites (tertiary alicyclic amines) is 1. The molecule has 7 heteroatoms. The molecule has 1 heterocycles. The van der Waals surface area contributed by atoms with Gasteiger partial charge in [0, 0.05) is 18.8 Å². The highest BCUT2D eigenvalue weighted by Gasteiger charge is 2.17. The van der Waals surface area contributed by atoms with Crippen LogP contribution in [0.2, 0.25) is 0 Å². The van der Waals surface area contributed by atoms with Crippen molar-refractivity contribution in [3.63, 3.8) is 0 Å². The van der Waals surface area contributed by atoms with Crippen LogP contribution in [0.1, 0.15) is 19.8 Å². The zero-order chi connectivity index (χ0) is 14.8. The Labute approximate surface area is 125 Å². The van der Waals surface area contributed by atoms with Gasteiger partial charge in [-0.1, -0.05) is 6.92 Å². The second-order valence-electron chi connectivity index (χ2n) is 5.17. The Morgan fingerprint density at radius 3 is 2.35 bits per heavy atom. The van der Waals surface area contributed by atoms with Crippen molar-refractivity contribution in [1.29, 1.82) is 0 Å². The van der Waals surface area contributed by atoms with Gasteiger partial charge in [0.05, 0.1) is 4.90 Å². The fourth-order valence-corrected chi connectivity index (χ4v) is 2.96. The number of primary sulfonamides is 1. The molecule has 0 spiro atoms. The molecular formula is C13H19N3O2S2. The summed E-state index contributed by atoms with van der Waals surface area (Å²) < 4.78 is 22.3. The first-order valence-corrected chi connectivity index (χ1v) is 8.50. The van der Waals surface area contributed by atoms with Crippen LogP contribution in [0.25, 0.3) is 0 Å². The maximum Gasteiger partial charge on any atom is 0.238 e. The molecule has 0 saturated carbocycles. The lowest BCUT2D eigenvalue weighted by molar-refractivity contribution is 0.283. The van der Waals surface area contributed by atoms with Gasteiger partial charge in [0.1, 0.15) is 0 Å². The SMILES string of the molecule is CC1CCN(C(=S)Nc2ccc(S(N)(=O)=O)cc2)CC1. The lowest BCUT2D eigenvalue weighted by Gasteiger charge is -2.32. The summed E-state index contributed by atoms with van der Waals surface area (Å²) >= 11 is 5.37. The van der Waals surface area contributed by atoms with E-state index in [1.807, 2.05) is 0 Å². The van der Waals surface area contributed by atoms with Crippen LogP contribution in [0.4, 0.5) is 5.69 Å². The van der Waals surface area contributed by atoms with Gasteiger partial charge in [-0.2, -0.15) is 0 Å². The highest BCUT2D eigenvalue weighted by atomic mass is 32.2. The molecule has 5 nitrogen and oxygen atoms in total. The van der Waals surface area contributed by atoms with E-state index in [1.54, 1.807) is 12.1 Å². The first-order chi connectivity index (χ1) is 9.36. The van der Waals surface area contributed by atoms with E-state index in [-0.39, 0.29) is 4.90 Å². The molecule has 0 aliphatic carbocycles. The molecule has 1 aromatic rings. The van der Waals surface area contributed by atoms with Crippen molar-refractivity contribution in [2.24, 2.45) is 11.1 Å². The van der Waals surface area contributed by atoms with Crippen molar-refractivity contribution in [2.45, 2.75) is 24.7 Å². The summed E-state index contributed by atoms with van der Waals surface area (Å²) in [6.45, 7) is 4.17. The Kier molecular flexibility index (Phi) is 4.62. The molecule has 3 N–H and O–H groups in total. The summed E-state index contributed by atoms with van der Waals surface area (Å²) in [4.78, 5) is 2.24. The summed E-state index contributed by atoms with van der Waals surface area (Å²) in [6, 6.07) is 6.27. The predicted octanol–water partition coefficient (Wildman–Crippen LogP) is 1.76. The topological polar surface area (TPSA) is 75.4 Å². The molecule has 1 fully saturated rings. The van der Waals surface area contributed by atoms with E-state index in [9.17, 15) is 8.42 Å². The maximum absolute atomic E-state index is 11.2. The minimum atomic E-state index is -3.65. The molecule has 0 aromatic heterocycles. The van der Waals surface area contributed by atoms with Crippen molar-refractivity contribution >= 4 is 33.0 Å². The number of hydrogen-bond donors (Lipinski definition) is 2. The number of nitrogens with two attached hydrogens (primary N) is 1. The average molecular weight is 313 g/mol. The van der Waals surface area contributed by atoms with Gasteiger partial charge in [-0.15, -0.1) is 0 Å². The molecule has 0 unspecified atom stereocenters. The van der Waals surface area contributed by atoms with E-state index in [2.05, 4.69) is 17.1 Å². The Morgan fingerprint density at radius 1 is 1.30 bits per heavy atom. The van der Waals surface area contributed by atoms with Crippen LogP contribution in [0, 0.1) is 5.92 Å². The van der Waals surface area contributed by atoms with E-state index in [0.717, 1.165) is 37.5 Å². The van der Waals surface area contributed by atoms with Gasteiger partial charge in [0.25, 0.3) is 0 Å². The van der Waals surface area contributed by atoms with Crippen LogP contribution in [0.3, 0.4) is 0 Å². The van der Waals surface area contributed by atoms with Crippen LogP contribution in [0.15, 0.2) is 29.2 Å². The number of benzene rings is 1. The van der Waals surface area contributed by atoms with Crippen molar-refractivity contribution in [1.82, 2.24) is 4.90 Å². The Hall–Kier alpha value is -1.18. The van der Waals surface area contributed by atoms with Crippen molar-refractivity contribution < 1.29 is 8.42 Å². The standard InChI is InChI=1S/C13H19N3O2S2/c1-10-6-8-16(9-7-10)13(19)15-11-2-4-12(5-3-11)20(14,17)18/h2-5,10H,6-9H2,1H3,(H,15,19)(H2,14,17,18). The third kappa shape index (κ3) is 3.91. The second kappa shape index (κ2) is 6.07. The third-order valence-electron chi connectivity index (χ3n) is 3.50. The van der Waals surface area contributed by atoms with Crippen molar-refractivity contribution in [3.8, 4) is 0 Å². The zero-order valence-corrected chi connectivity index (χ0v) is 13.0. The molecule has 1 aliphatic rings. The zero-order valence-electron chi connectivity index (χ0n) is 11.4. The van der Waals surface area contributed by atoms with Crippen LogP contribution in [-0.4, -0.2) is 31.5 Å². The maximum atomic E-state index is 11.2. The number of thiocarbonyl (C=S) groups is 1. The minimum absolute atomic E-state index is 0.0979. The highest BCUT2D eigenvalue weighted by molar-refractivity contribution is 7.89. The molecule has 20 heavy (non-hydrogen) atoms. The molecule has 0 atom stereocenters. The first-order valence-electron chi connectivity index (χ1n) is 6.55. The molecule has 1 aromatic carbocycles. The summed E-state index contributed by atoms with van der Waals surface area (Å²) in [5.41, 5.74) is 0.765. The normalized spacial score (nSPS) is 17.0. The quantitative estimate of drug-likeness (QED) is 0.814. The van der Waals surface area contributed by atoms with Gasteiger partial charge < -0.3 is 10.2 Å². The van der Waals surface area contributed by atoms with Crippen LogP contribution < -0.4 is 10.5 Å². The number of sulfonamides is 1. The number of rotatable bonds is 2. The predicted molar refractivity (Wildman–Crippen MR) is 84.0 cm³/mol. The average Bonchev–Trinajstić information content (AvgIpc) is 2.39. The van der Waals surface area contributed by atoms with Crippen molar-refractivity contribution in [3.05, 3.63) is 24.3 Å². The molecule has 2 rings (SSSR count). The lowest BCUT2D eigenvalue weighted by Crippen LogP contribution is -2.40. The summed E-state index contributed by atoms with van der Waals surface area (Å²) in [6.07, 6.45) is 2.29. The molecule has 0 bridgehead atoms. The number of anilines is 1. The van der Waals surface area contributed by atoms with Crippen LogP contribution in [-0.2, 0) is 10.0 Å². The summed E-state index contributed by atoms with van der Waals surface area (Å²) in [7, 11) is -3.65. The van der Waals surface area contributed by atoms with Gasteiger partial charge in [0.2, 0.25) is 10.0 Å². The monoisotopic (exact) mass is 313 g/mol. The molecule has 0 radical (unpaired) electrons. The first kappa shape index (κ1) is 15.2. The minimum Gasteiger partial charge on any atom is -0.349 e. The fraction of sp³-hybridized carbons (Fsp3) is 0.462. The molecule has 1 aliphatic heterocycles. The van der Waals surface area contributed by atoms with E-state index < -0.39 is 10.0 Å². The van der Waals surface area contributed by atoms with Crippen molar-refractivity contribution in [2.75, 3.05) is 18.4 Å². The number of nitrogens with one attached hydrogen (secondary N) is 1. The Bertz CT molecular complexity index is 576. The van der Waals surface area contributed by atoms with Gasteiger partial charge in [-0.25, -0.2) is 13.6 Å². The Morgan fingerprint density at radius 2 is 1.85 bits per heavy atom.